The largest absolute Gasteiger partial charge is 0.493 e. The molecule has 3 aromatic carbocycles. The van der Waals surface area contributed by atoms with Crippen LogP contribution in [0, 0.1) is 6.92 Å². The predicted molar refractivity (Wildman–Crippen MR) is 123 cm³/mol. The minimum absolute atomic E-state index is 0.129. The van der Waals surface area contributed by atoms with Gasteiger partial charge in [0, 0.05) is 16.3 Å². The third-order valence-corrected chi connectivity index (χ3v) is 5.03. The van der Waals surface area contributed by atoms with Crippen LogP contribution < -0.4 is 19.5 Å². The number of halogens is 1. The first-order valence-corrected chi connectivity index (χ1v) is 10.2. The number of oxazole rings is 1. The zero-order chi connectivity index (χ0) is 22.7. The van der Waals surface area contributed by atoms with Gasteiger partial charge in [0.15, 0.2) is 23.7 Å². The van der Waals surface area contributed by atoms with Gasteiger partial charge in [0.05, 0.1) is 14.2 Å². The Morgan fingerprint density at radius 3 is 2.53 bits per heavy atom. The van der Waals surface area contributed by atoms with Gasteiger partial charge in [-0.15, -0.1) is 0 Å². The van der Waals surface area contributed by atoms with Gasteiger partial charge in [-0.1, -0.05) is 11.6 Å². The number of hydrogen-bond donors (Lipinski definition) is 1. The molecule has 0 saturated carbocycles. The van der Waals surface area contributed by atoms with Crippen molar-refractivity contribution < 1.29 is 23.4 Å². The van der Waals surface area contributed by atoms with Crippen LogP contribution >= 0.6 is 11.6 Å². The first kappa shape index (κ1) is 21.5. The molecule has 7 nitrogen and oxygen atoms in total. The van der Waals surface area contributed by atoms with E-state index in [9.17, 15) is 4.79 Å². The normalized spacial score (nSPS) is 10.8. The monoisotopic (exact) mass is 452 g/mol. The number of nitrogens with one attached hydrogen (secondary N) is 1. The van der Waals surface area contributed by atoms with Crippen LogP contribution in [0.2, 0.25) is 5.02 Å². The van der Waals surface area contributed by atoms with E-state index in [0.29, 0.717) is 44.9 Å². The summed E-state index contributed by atoms with van der Waals surface area (Å²) < 4.78 is 22.1. The van der Waals surface area contributed by atoms with E-state index in [0.717, 1.165) is 11.1 Å². The van der Waals surface area contributed by atoms with Crippen LogP contribution in [0.5, 0.6) is 17.2 Å². The fourth-order valence-electron chi connectivity index (χ4n) is 3.21. The summed E-state index contributed by atoms with van der Waals surface area (Å²) in [5.41, 5.74) is 3.40. The molecule has 1 heterocycles. The summed E-state index contributed by atoms with van der Waals surface area (Å²) in [5, 5.41) is 3.43. The first-order chi connectivity index (χ1) is 15.5. The predicted octanol–water partition coefficient (Wildman–Crippen LogP) is 5.49. The van der Waals surface area contributed by atoms with Crippen LogP contribution in [0.25, 0.3) is 22.6 Å². The highest BCUT2D eigenvalue weighted by Crippen LogP contribution is 2.33. The van der Waals surface area contributed by atoms with Crippen molar-refractivity contribution in [1.82, 2.24) is 4.98 Å². The molecule has 164 valence electrons. The van der Waals surface area contributed by atoms with E-state index >= 15 is 0 Å². The van der Waals surface area contributed by atoms with Gasteiger partial charge in [-0.05, 0) is 67.1 Å². The maximum atomic E-state index is 12.3. The standard InChI is InChI=1S/C24H21ClN2O5/c1-14-10-16(25)5-8-19(14)31-13-23(28)26-17-6-9-20-18(12-17)27-24(32-20)15-4-7-21(29-2)22(11-15)30-3/h4-12H,13H2,1-3H3,(H,26,28). The maximum Gasteiger partial charge on any atom is 0.262 e. The number of fused-ring (bicyclic) bond motifs is 1. The highest BCUT2D eigenvalue weighted by Gasteiger charge is 2.13. The third kappa shape index (κ3) is 4.63. The SMILES string of the molecule is COc1ccc(-c2nc3cc(NC(=O)COc4ccc(Cl)cc4C)ccc3o2)cc1OC. The van der Waals surface area contributed by atoms with Crippen molar-refractivity contribution in [3.63, 3.8) is 0 Å². The quantitative estimate of drug-likeness (QED) is 0.399. The molecule has 4 rings (SSSR count). The Kier molecular flexibility index (Phi) is 6.18. The Bertz CT molecular complexity index is 1280. The molecule has 0 radical (unpaired) electrons. The van der Waals surface area contributed by atoms with Crippen molar-refractivity contribution >= 4 is 34.3 Å². The van der Waals surface area contributed by atoms with Gasteiger partial charge in [0.1, 0.15) is 11.3 Å². The molecule has 0 saturated heterocycles. The molecule has 0 aliphatic carbocycles. The summed E-state index contributed by atoms with van der Waals surface area (Å²) in [6.07, 6.45) is 0. The van der Waals surface area contributed by atoms with E-state index in [-0.39, 0.29) is 12.5 Å². The minimum atomic E-state index is -0.290. The van der Waals surface area contributed by atoms with E-state index < -0.39 is 0 Å². The van der Waals surface area contributed by atoms with Crippen molar-refractivity contribution in [1.29, 1.82) is 0 Å². The number of carbonyl (C=O) groups is 1. The minimum Gasteiger partial charge on any atom is -0.493 e. The summed E-state index contributed by atoms with van der Waals surface area (Å²) >= 11 is 5.94. The van der Waals surface area contributed by atoms with Crippen LogP contribution in [0.15, 0.2) is 59.0 Å². The van der Waals surface area contributed by atoms with Gasteiger partial charge in [-0.2, -0.15) is 0 Å². The van der Waals surface area contributed by atoms with Crippen LogP contribution in [0.4, 0.5) is 5.69 Å². The second-order valence-electron chi connectivity index (χ2n) is 7.02. The molecule has 8 heteroatoms. The molecule has 0 unspecified atom stereocenters. The third-order valence-electron chi connectivity index (χ3n) is 4.80. The lowest BCUT2D eigenvalue weighted by atomic mass is 10.2. The average molecular weight is 453 g/mol. The van der Waals surface area contributed by atoms with Gasteiger partial charge < -0.3 is 23.9 Å². The molecule has 1 amide bonds. The summed E-state index contributed by atoms with van der Waals surface area (Å²) in [4.78, 5) is 16.9. The van der Waals surface area contributed by atoms with E-state index in [4.69, 9.17) is 30.2 Å². The highest BCUT2D eigenvalue weighted by atomic mass is 35.5. The van der Waals surface area contributed by atoms with Crippen molar-refractivity contribution in [2.24, 2.45) is 0 Å². The van der Waals surface area contributed by atoms with Gasteiger partial charge >= 0.3 is 0 Å². The summed E-state index contributed by atoms with van der Waals surface area (Å²) in [6, 6.07) is 15.9. The average Bonchev–Trinajstić information content (AvgIpc) is 3.21. The number of aryl methyl sites for hydroxylation is 1. The number of hydrogen-bond acceptors (Lipinski definition) is 6. The molecular weight excluding hydrogens is 432 g/mol. The van der Waals surface area contributed by atoms with Crippen molar-refractivity contribution in [2.45, 2.75) is 6.92 Å². The smallest absolute Gasteiger partial charge is 0.262 e. The van der Waals surface area contributed by atoms with Crippen LogP contribution in [0.1, 0.15) is 5.56 Å². The number of methoxy groups -OCH3 is 2. The zero-order valence-electron chi connectivity index (χ0n) is 17.8. The Hall–Kier alpha value is -3.71. The number of aromatic nitrogens is 1. The Labute approximate surface area is 189 Å². The zero-order valence-corrected chi connectivity index (χ0v) is 18.5. The van der Waals surface area contributed by atoms with E-state index in [1.165, 1.54) is 0 Å². The number of carbonyl (C=O) groups excluding carboxylic acids is 1. The summed E-state index contributed by atoms with van der Waals surface area (Å²) in [5.74, 6) is 1.95. The van der Waals surface area contributed by atoms with E-state index in [1.54, 1.807) is 62.8 Å². The lowest BCUT2D eigenvalue weighted by Crippen LogP contribution is -2.20. The number of rotatable bonds is 7. The molecule has 32 heavy (non-hydrogen) atoms. The maximum absolute atomic E-state index is 12.3. The topological polar surface area (TPSA) is 82.8 Å². The van der Waals surface area contributed by atoms with Crippen molar-refractivity contribution in [3.05, 3.63) is 65.2 Å². The molecule has 1 N–H and O–H groups in total. The van der Waals surface area contributed by atoms with Crippen LogP contribution in [0.3, 0.4) is 0 Å². The molecule has 4 aromatic rings. The van der Waals surface area contributed by atoms with Gasteiger partial charge in [0.2, 0.25) is 5.89 Å². The fourth-order valence-corrected chi connectivity index (χ4v) is 3.44. The molecule has 0 spiro atoms. The number of ether oxygens (including phenoxy) is 3. The Morgan fingerprint density at radius 1 is 1.00 bits per heavy atom. The van der Waals surface area contributed by atoms with E-state index in [1.807, 2.05) is 13.0 Å². The highest BCUT2D eigenvalue weighted by molar-refractivity contribution is 6.30. The molecule has 1 aromatic heterocycles. The van der Waals surface area contributed by atoms with Crippen LogP contribution in [-0.4, -0.2) is 31.7 Å². The molecule has 0 aliphatic heterocycles. The lowest BCUT2D eigenvalue weighted by molar-refractivity contribution is -0.118. The molecule has 0 fully saturated rings. The Morgan fingerprint density at radius 2 is 1.78 bits per heavy atom. The number of anilines is 1. The first-order valence-electron chi connectivity index (χ1n) is 9.78. The number of benzene rings is 3. The fraction of sp³-hybridized carbons (Fsp3) is 0.167. The number of amides is 1. The summed E-state index contributed by atoms with van der Waals surface area (Å²) in [7, 11) is 3.15. The second kappa shape index (κ2) is 9.20. The second-order valence-corrected chi connectivity index (χ2v) is 7.45. The van der Waals surface area contributed by atoms with Gasteiger partial charge in [0.25, 0.3) is 5.91 Å². The van der Waals surface area contributed by atoms with Crippen LogP contribution in [-0.2, 0) is 4.79 Å². The van der Waals surface area contributed by atoms with Crippen molar-refractivity contribution in [2.75, 3.05) is 26.1 Å². The van der Waals surface area contributed by atoms with Crippen molar-refractivity contribution in [3.8, 4) is 28.7 Å². The molecule has 0 atom stereocenters. The summed E-state index contributed by atoms with van der Waals surface area (Å²) in [6.45, 7) is 1.74. The molecular formula is C24H21ClN2O5. The molecule has 0 aliphatic rings. The Balaban J connectivity index is 1.47. The van der Waals surface area contributed by atoms with E-state index in [2.05, 4.69) is 10.3 Å². The number of nitrogens with zero attached hydrogens (tertiary/aromatic N) is 1. The van der Waals surface area contributed by atoms with Gasteiger partial charge in [-0.25, -0.2) is 4.98 Å². The molecule has 0 bridgehead atoms. The lowest BCUT2D eigenvalue weighted by Gasteiger charge is -2.09. The van der Waals surface area contributed by atoms with Gasteiger partial charge in [-0.3, -0.25) is 4.79 Å².